The summed E-state index contributed by atoms with van der Waals surface area (Å²) in [6.07, 6.45) is 0.783. The van der Waals surface area contributed by atoms with E-state index < -0.39 is 11.8 Å². The highest BCUT2D eigenvalue weighted by atomic mass is 19.1. The Morgan fingerprint density at radius 2 is 2.46 bits per heavy atom. The summed E-state index contributed by atoms with van der Waals surface area (Å²) in [5.74, 6) is -1.58. The number of pyridine rings is 1. The normalized spacial score (nSPS) is 9.69. The lowest BCUT2D eigenvalue weighted by atomic mass is 10.2. The number of ether oxygens (including phenoxy) is 1. The molecule has 5 heteroatoms. The molecular weight excluding hydrogens is 177 g/mol. The lowest BCUT2D eigenvalue weighted by Gasteiger charge is -2.01. The molecule has 0 aromatic carbocycles. The van der Waals surface area contributed by atoms with E-state index in [1.807, 2.05) is 0 Å². The van der Waals surface area contributed by atoms with E-state index in [0.717, 1.165) is 12.3 Å². The maximum absolute atomic E-state index is 13.0. The van der Waals surface area contributed by atoms with E-state index in [1.165, 1.54) is 7.11 Å². The number of hydrogen-bond donors (Lipinski definition) is 1. The molecule has 0 bridgehead atoms. The minimum atomic E-state index is -1.09. The summed E-state index contributed by atoms with van der Waals surface area (Å²) in [7, 11) is 1.36. The number of carbonyl (C=O) groups is 1. The van der Waals surface area contributed by atoms with E-state index in [1.54, 1.807) is 0 Å². The van der Waals surface area contributed by atoms with Gasteiger partial charge in [-0.2, -0.15) is 0 Å². The number of hydrogen-bond acceptors (Lipinski definition) is 3. The van der Waals surface area contributed by atoms with Crippen molar-refractivity contribution in [1.29, 1.82) is 0 Å². The molecule has 0 spiro atoms. The lowest BCUT2D eigenvalue weighted by Crippen LogP contribution is -2.03. The Balaban J connectivity index is 2.91. The van der Waals surface area contributed by atoms with Crippen molar-refractivity contribution < 1.29 is 19.0 Å². The molecule has 0 unspecified atom stereocenters. The molecule has 0 atom stereocenters. The molecule has 0 amide bonds. The van der Waals surface area contributed by atoms with Crippen LogP contribution in [0.3, 0.4) is 0 Å². The van der Waals surface area contributed by atoms with Gasteiger partial charge in [-0.05, 0) is 0 Å². The summed E-state index contributed by atoms with van der Waals surface area (Å²) in [6.45, 7) is 0. The third-order valence-corrected chi connectivity index (χ3v) is 1.46. The highest BCUT2D eigenvalue weighted by Crippen LogP contribution is 2.12. The average molecular weight is 185 g/mol. The van der Waals surface area contributed by atoms with E-state index in [2.05, 4.69) is 9.72 Å². The van der Waals surface area contributed by atoms with E-state index >= 15 is 0 Å². The van der Waals surface area contributed by atoms with Gasteiger partial charge in [-0.3, -0.25) is 4.79 Å². The third kappa shape index (κ3) is 2.40. The Hall–Kier alpha value is -1.65. The van der Waals surface area contributed by atoms with Gasteiger partial charge in [-0.1, -0.05) is 0 Å². The highest BCUT2D eigenvalue weighted by molar-refractivity contribution is 5.70. The van der Waals surface area contributed by atoms with Gasteiger partial charge in [-0.15, -0.1) is 0 Å². The van der Waals surface area contributed by atoms with Crippen molar-refractivity contribution in [2.45, 2.75) is 6.42 Å². The number of aromatic nitrogens is 1. The molecule has 1 N–H and O–H groups in total. The van der Waals surface area contributed by atoms with Crippen LogP contribution < -0.4 is 4.74 Å². The lowest BCUT2D eigenvalue weighted by molar-refractivity contribution is -0.136. The first kappa shape index (κ1) is 9.44. The van der Waals surface area contributed by atoms with Crippen LogP contribution in [0.25, 0.3) is 0 Å². The van der Waals surface area contributed by atoms with Gasteiger partial charge in [0.25, 0.3) is 0 Å². The molecule has 4 nitrogen and oxygen atoms in total. The maximum Gasteiger partial charge on any atom is 0.307 e. The molecule has 0 radical (unpaired) electrons. The van der Waals surface area contributed by atoms with Gasteiger partial charge < -0.3 is 9.84 Å². The van der Waals surface area contributed by atoms with Gasteiger partial charge in [-0.25, -0.2) is 9.37 Å². The Labute approximate surface area is 74.0 Å². The number of carboxylic acids is 1. The van der Waals surface area contributed by atoms with Crippen LogP contribution in [0.2, 0.25) is 0 Å². The Morgan fingerprint density at radius 1 is 1.77 bits per heavy atom. The number of methoxy groups -OCH3 is 1. The largest absolute Gasteiger partial charge is 0.481 e. The Kier molecular flexibility index (Phi) is 2.79. The zero-order valence-electron chi connectivity index (χ0n) is 6.95. The molecular formula is C8H8FNO3. The van der Waals surface area contributed by atoms with Crippen molar-refractivity contribution in [3.63, 3.8) is 0 Å². The van der Waals surface area contributed by atoms with Gasteiger partial charge in [0.05, 0.1) is 13.5 Å². The van der Waals surface area contributed by atoms with Crippen LogP contribution in [0.5, 0.6) is 5.88 Å². The molecule has 1 aromatic heterocycles. The molecule has 70 valence electrons. The fourth-order valence-electron chi connectivity index (χ4n) is 0.846. The topological polar surface area (TPSA) is 59.4 Å². The van der Waals surface area contributed by atoms with Crippen LogP contribution >= 0.6 is 0 Å². The molecule has 0 aliphatic carbocycles. The molecule has 0 saturated heterocycles. The first-order valence-corrected chi connectivity index (χ1v) is 3.53. The zero-order chi connectivity index (χ0) is 9.84. The number of nitrogens with zero attached hydrogens (tertiary/aromatic N) is 1. The predicted octanol–water partition coefficient (Wildman–Crippen LogP) is 0.856. The van der Waals surface area contributed by atoms with Crippen LogP contribution in [-0.4, -0.2) is 23.2 Å². The summed E-state index contributed by atoms with van der Waals surface area (Å²) < 4.78 is 17.7. The SMILES string of the molecule is COc1cc(F)c(CC(=O)O)cn1. The van der Waals surface area contributed by atoms with Crippen LogP contribution in [0.4, 0.5) is 4.39 Å². The molecule has 13 heavy (non-hydrogen) atoms. The first-order valence-electron chi connectivity index (χ1n) is 3.53. The van der Waals surface area contributed by atoms with Crippen molar-refractivity contribution in [3.8, 4) is 5.88 Å². The van der Waals surface area contributed by atoms with Crippen molar-refractivity contribution in [2.75, 3.05) is 7.11 Å². The molecule has 1 heterocycles. The van der Waals surface area contributed by atoms with Gasteiger partial charge >= 0.3 is 5.97 Å². The third-order valence-electron chi connectivity index (χ3n) is 1.46. The van der Waals surface area contributed by atoms with Gasteiger partial charge in [0.15, 0.2) is 0 Å². The highest BCUT2D eigenvalue weighted by Gasteiger charge is 2.08. The van der Waals surface area contributed by atoms with Crippen molar-refractivity contribution >= 4 is 5.97 Å². The molecule has 0 saturated carbocycles. The van der Waals surface area contributed by atoms with Crippen LogP contribution in [0.15, 0.2) is 12.3 Å². The number of rotatable bonds is 3. The number of aliphatic carboxylic acids is 1. The van der Waals surface area contributed by atoms with E-state index in [-0.39, 0.29) is 17.9 Å². The minimum Gasteiger partial charge on any atom is -0.481 e. The monoisotopic (exact) mass is 185 g/mol. The second-order valence-electron chi connectivity index (χ2n) is 2.39. The Morgan fingerprint density at radius 3 is 2.92 bits per heavy atom. The second-order valence-corrected chi connectivity index (χ2v) is 2.39. The molecule has 0 aliphatic heterocycles. The summed E-state index contributed by atoms with van der Waals surface area (Å²) in [5.41, 5.74) is 0.0494. The fraction of sp³-hybridized carbons (Fsp3) is 0.250. The fourth-order valence-corrected chi connectivity index (χ4v) is 0.846. The van der Waals surface area contributed by atoms with E-state index in [0.29, 0.717) is 0 Å². The van der Waals surface area contributed by atoms with Gasteiger partial charge in [0.2, 0.25) is 5.88 Å². The summed E-state index contributed by atoms with van der Waals surface area (Å²) in [5, 5.41) is 8.39. The van der Waals surface area contributed by atoms with Crippen molar-refractivity contribution in [3.05, 3.63) is 23.6 Å². The van der Waals surface area contributed by atoms with Crippen LogP contribution in [0.1, 0.15) is 5.56 Å². The molecule has 0 fully saturated rings. The molecule has 1 rings (SSSR count). The quantitative estimate of drug-likeness (QED) is 0.758. The Bertz CT molecular complexity index is 327. The smallest absolute Gasteiger partial charge is 0.307 e. The molecule has 0 aliphatic rings. The van der Waals surface area contributed by atoms with E-state index in [4.69, 9.17) is 5.11 Å². The average Bonchev–Trinajstić information content (AvgIpc) is 2.08. The second kappa shape index (κ2) is 3.84. The number of carboxylic acid groups (broad SMARTS) is 1. The zero-order valence-corrected chi connectivity index (χ0v) is 6.95. The molecule has 1 aromatic rings. The van der Waals surface area contributed by atoms with Gasteiger partial charge in [0.1, 0.15) is 5.82 Å². The summed E-state index contributed by atoms with van der Waals surface area (Å²) >= 11 is 0. The maximum atomic E-state index is 13.0. The van der Waals surface area contributed by atoms with Gasteiger partial charge in [0, 0.05) is 17.8 Å². The van der Waals surface area contributed by atoms with E-state index in [9.17, 15) is 9.18 Å². The summed E-state index contributed by atoms with van der Waals surface area (Å²) in [6, 6.07) is 1.05. The van der Waals surface area contributed by atoms with Crippen molar-refractivity contribution in [2.24, 2.45) is 0 Å². The van der Waals surface area contributed by atoms with Crippen molar-refractivity contribution in [1.82, 2.24) is 4.98 Å². The standard InChI is InChI=1S/C8H8FNO3/c1-13-7-3-6(9)5(4-10-7)2-8(11)12/h3-4H,2H2,1H3,(H,11,12). The summed E-state index contributed by atoms with van der Waals surface area (Å²) in [4.78, 5) is 13.9. The van der Waals surface area contributed by atoms with Crippen LogP contribution in [-0.2, 0) is 11.2 Å². The number of halogens is 1. The first-order chi connectivity index (χ1) is 6.13. The van der Waals surface area contributed by atoms with Crippen LogP contribution in [0, 0.1) is 5.82 Å². The minimum absolute atomic E-state index is 0.0494. The predicted molar refractivity (Wildman–Crippen MR) is 42.1 cm³/mol.